The lowest BCUT2D eigenvalue weighted by Gasteiger charge is -2.61. The van der Waals surface area contributed by atoms with E-state index in [-0.39, 0.29) is 64.9 Å². The molecule has 1 saturated carbocycles. The number of pyridine rings is 1. The molecule has 0 radical (unpaired) electrons. The third-order valence-corrected chi connectivity index (χ3v) is 9.69. The molecule has 1 N–H and O–H groups in total. The van der Waals surface area contributed by atoms with Crippen LogP contribution >= 0.6 is 0 Å². The van der Waals surface area contributed by atoms with Crippen molar-refractivity contribution < 1.29 is 32.4 Å². The summed E-state index contributed by atoms with van der Waals surface area (Å²) in [4.78, 5) is 52.7. The number of esters is 1. The predicted molar refractivity (Wildman–Crippen MR) is 177 cm³/mol. The molecule has 2 saturated heterocycles. The van der Waals surface area contributed by atoms with Gasteiger partial charge in [0.25, 0.3) is 0 Å². The van der Waals surface area contributed by atoms with Gasteiger partial charge >= 0.3 is 12.0 Å². The summed E-state index contributed by atoms with van der Waals surface area (Å²) in [5.41, 5.74) is 2.57. The molecule has 1 aromatic carbocycles. The number of likely N-dealkylation sites (tertiary alicyclic amines) is 1. The number of rotatable bonds is 7. The Morgan fingerprint density at radius 1 is 1.08 bits per heavy atom. The van der Waals surface area contributed by atoms with Gasteiger partial charge < -0.3 is 9.26 Å². The van der Waals surface area contributed by atoms with E-state index in [1.165, 1.54) is 29.3 Å². The average Bonchev–Trinajstić information content (AvgIpc) is 3.50. The molecule has 5 heterocycles. The number of aromatic nitrogens is 4. The summed E-state index contributed by atoms with van der Waals surface area (Å²) in [7, 11) is 0. The number of imide groups is 1. The fourth-order valence-electron chi connectivity index (χ4n) is 7.08. The van der Waals surface area contributed by atoms with Gasteiger partial charge in [0, 0.05) is 56.1 Å². The number of nitrogens with one attached hydrogen (secondary N) is 1. The number of aryl methyl sites for hydroxylation is 1. The highest BCUT2D eigenvalue weighted by molar-refractivity contribution is 6.05. The second-order valence-corrected chi connectivity index (χ2v) is 14.5. The predicted octanol–water partition coefficient (Wildman–Crippen LogP) is 6.12. The summed E-state index contributed by atoms with van der Waals surface area (Å²) in [6, 6.07) is 7.23. The van der Waals surface area contributed by atoms with Crippen LogP contribution in [0.3, 0.4) is 0 Å². The molecule has 50 heavy (non-hydrogen) atoms. The first-order valence-corrected chi connectivity index (χ1v) is 16.5. The number of hydrogen-bond donors (Lipinski definition) is 1. The summed E-state index contributed by atoms with van der Waals surface area (Å²) >= 11 is 0. The molecule has 3 aliphatic rings. The Morgan fingerprint density at radius 3 is 2.50 bits per heavy atom. The molecule has 1 unspecified atom stereocenters. The zero-order valence-electron chi connectivity index (χ0n) is 28.4. The summed E-state index contributed by atoms with van der Waals surface area (Å²) in [5, 5.41) is 6.12. The van der Waals surface area contributed by atoms with Crippen molar-refractivity contribution in [3.63, 3.8) is 0 Å². The Kier molecular flexibility index (Phi) is 8.24. The highest BCUT2D eigenvalue weighted by atomic mass is 19.1. The van der Waals surface area contributed by atoms with Crippen molar-refractivity contribution in [3.8, 4) is 22.8 Å². The van der Waals surface area contributed by atoms with Crippen molar-refractivity contribution in [1.82, 2.24) is 30.3 Å². The van der Waals surface area contributed by atoms with E-state index in [0.29, 0.717) is 11.3 Å². The van der Waals surface area contributed by atoms with Gasteiger partial charge in [0.15, 0.2) is 11.5 Å². The van der Waals surface area contributed by atoms with Crippen LogP contribution in [0.4, 0.5) is 19.3 Å². The highest BCUT2D eigenvalue weighted by Gasteiger charge is 2.53. The standard InChI is InChI=1S/C36H37F2N7O5/c1-19-24(16-40-32(41-19)27-12-29(50-43-27)33(47)49-35(3,4)5)31-26(38)11-22(15-39-31)20(2)44-17-36(18-44)13-23(14-36)21-6-7-28(25(37)10-21)45-9-8-30(46)42-34(45)48/h6-7,10-12,15-16,20,23H,8-9,13-14,17-18H2,1-5H3,(H,42,46,48). The maximum Gasteiger partial charge on any atom is 0.377 e. The first-order valence-electron chi connectivity index (χ1n) is 16.5. The number of carbonyl (C=O) groups is 3. The molecular weight excluding hydrogens is 648 g/mol. The van der Waals surface area contributed by atoms with Crippen LogP contribution in [0.5, 0.6) is 0 Å². The molecule has 1 spiro atoms. The van der Waals surface area contributed by atoms with Crippen LogP contribution in [0.15, 0.2) is 47.2 Å². The van der Waals surface area contributed by atoms with Gasteiger partial charge in [-0.2, -0.15) is 0 Å². The van der Waals surface area contributed by atoms with Crippen LogP contribution in [0.1, 0.15) is 86.3 Å². The second-order valence-electron chi connectivity index (χ2n) is 14.5. The average molecular weight is 686 g/mol. The van der Waals surface area contributed by atoms with Gasteiger partial charge in [-0.05, 0) is 88.1 Å². The third kappa shape index (κ3) is 6.35. The summed E-state index contributed by atoms with van der Waals surface area (Å²) < 4.78 is 41.0. The molecule has 3 amide bonds. The Morgan fingerprint density at radius 2 is 1.84 bits per heavy atom. The van der Waals surface area contributed by atoms with E-state index >= 15 is 8.78 Å². The van der Waals surface area contributed by atoms with Gasteiger partial charge in [0.05, 0.1) is 11.4 Å². The number of halogens is 2. The molecule has 3 aromatic heterocycles. The SMILES string of the molecule is Cc1nc(-c2cc(C(=O)OC(C)(C)C)on2)ncc1-c1ncc(C(C)N2CC3(CC(c4ccc(N5CCC(=O)NC5=O)c(F)c4)C3)C2)cc1F. The fourth-order valence-corrected chi connectivity index (χ4v) is 7.08. The van der Waals surface area contributed by atoms with E-state index in [0.717, 1.165) is 37.1 Å². The van der Waals surface area contributed by atoms with Crippen LogP contribution < -0.4 is 10.2 Å². The van der Waals surface area contributed by atoms with Crippen LogP contribution in [0, 0.1) is 24.0 Å². The number of carbonyl (C=O) groups excluding carboxylic acids is 3. The topological polar surface area (TPSA) is 144 Å². The molecule has 0 bridgehead atoms. The van der Waals surface area contributed by atoms with Crippen molar-refractivity contribution in [2.45, 2.75) is 71.4 Å². The van der Waals surface area contributed by atoms with E-state index in [4.69, 9.17) is 9.26 Å². The van der Waals surface area contributed by atoms with Crippen molar-refractivity contribution >= 4 is 23.6 Å². The molecule has 2 aliphatic heterocycles. The maximum atomic E-state index is 15.5. The Hall–Kier alpha value is -5.11. The monoisotopic (exact) mass is 685 g/mol. The number of nitrogens with zero attached hydrogens (tertiary/aromatic N) is 6. The molecule has 7 rings (SSSR count). The number of amides is 3. The van der Waals surface area contributed by atoms with Gasteiger partial charge in [0.2, 0.25) is 11.7 Å². The van der Waals surface area contributed by atoms with Crippen molar-refractivity contribution in [2.24, 2.45) is 5.41 Å². The van der Waals surface area contributed by atoms with Crippen molar-refractivity contribution in [1.29, 1.82) is 0 Å². The normalized spacial score (nSPS) is 18.4. The summed E-state index contributed by atoms with van der Waals surface area (Å²) in [6.07, 6.45) is 5.14. The molecule has 260 valence electrons. The van der Waals surface area contributed by atoms with Gasteiger partial charge in [-0.1, -0.05) is 11.2 Å². The number of hydrogen-bond acceptors (Lipinski definition) is 10. The van der Waals surface area contributed by atoms with Crippen LogP contribution in [0.25, 0.3) is 22.8 Å². The van der Waals surface area contributed by atoms with Crippen LogP contribution in [-0.4, -0.2) is 68.2 Å². The number of ether oxygens (including phenoxy) is 1. The van der Waals surface area contributed by atoms with Gasteiger partial charge in [-0.25, -0.2) is 28.3 Å². The summed E-state index contributed by atoms with van der Waals surface area (Å²) in [5.74, 6) is -1.61. The molecule has 1 aliphatic carbocycles. The Bertz CT molecular complexity index is 2010. The van der Waals surface area contributed by atoms with E-state index in [1.54, 1.807) is 40.0 Å². The lowest BCUT2D eigenvalue weighted by Crippen LogP contribution is -2.61. The lowest BCUT2D eigenvalue weighted by atomic mass is 9.56. The van der Waals surface area contributed by atoms with E-state index < -0.39 is 29.2 Å². The Balaban J connectivity index is 0.957. The molecule has 3 fully saturated rings. The van der Waals surface area contributed by atoms with E-state index in [2.05, 4.69) is 30.3 Å². The summed E-state index contributed by atoms with van der Waals surface area (Å²) in [6.45, 7) is 10.8. The fraction of sp³-hybridized carbons (Fsp3) is 0.417. The molecule has 4 aromatic rings. The van der Waals surface area contributed by atoms with Crippen LogP contribution in [0.2, 0.25) is 0 Å². The Labute approximate surface area is 287 Å². The van der Waals surface area contributed by atoms with E-state index in [9.17, 15) is 14.4 Å². The minimum absolute atomic E-state index is 0.0546. The minimum Gasteiger partial charge on any atom is -0.454 e. The quantitative estimate of drug-likeness (QED) is 0.226. The molecule has 1 atom stereocenters. The number of anilines is 1. The molecule has 12 nitrogen and oxygen atoms in total. The maximum absolute atomic E-state index is 15.5. The number of urea groups is 1. The van der Waals surface area contributed by atoms with Gasteiger partial charge in [0.1, 0.15) is 22.9 Å². The lowest BCUT2D eigenvalue weighted by molar-refractivity contribution is -0.120. The van der Waals surface area contributed by atoms with Gasteiger partial charge in [-0.15, -0.1) is 0 Å². The smallest absolute Gasteiger partial charge is 0.377 e. The molecular formula is C36H37F2N7O5. The zero-order valence-corrected chi connectivity index (χ0v) is 28.4. The first kappa shape index (κ1) is 33.4. The highest BCUT2D eigenvalue weighted by Crippen LogP contribution is 2.57. The van der Waals surface area contributed by atoms with Crippen molar-refractivity contribution in [2.75, 3.05) is 24.5 Å². The second kappa shape index (κ2) is 12.3. The number of benzene rings is 1. The van der Waals surface area contributed by atoms with E-state index in [1.807, 2.05) is 13.0 Å². The van der Waals surface area contributed by atoms with Crippen LogP contribution in [-0.2, 0) is 9.53 Å². The third-order valence-electron chi connectivity index (χ3n) is 9.69. The van der Waals surface area contributed by atoms with Gasteiger partial charge in [-0.3, -0.25) is 24.9 Å². The zero-order chi connectivity index (χ0) is 35.5. The first-order chi connectivity index (χ1) is 23.7. The van der Waals surface area contributed by atoms with Crippen molar-refractivity contribution in [3.05, 3.63) is 76.9 Å². The molecule has 14 heteroatoms. The largest absolute Gasteiger partial charge is 0.454 e. The minimum atomic E-state index is -0.693.